The normalized spacial score (nSPS) is 9.60. The Morgan fingerprint density at radius 1 is 0.933 bits per heavy atom. The molecule has 0 unspecified atom stereocenters. The van der Waals surface area contributed by atoms with Gasteiger partial charge in [0, 0.05) is 32.7 Å². The molecule has 0 atom stereocenters. The molecule has 0 N–H and O–H groups in total. The van der Waals surface area contributed by atoms with Crippen molar-refractivity contribution in [1.82, 2.24) is 5.16 Å². The summed E-state index contributed by atoms with van der Waals surface area (Å²) in [7, 11) is 0. The zero-order valence-electron chi connectivity index (χ0n) is 9.93. The van der Waals surface area contributed by atoms with E-state index in [-0.39, 0.29) is 40.1 Å². The van der Waals surface area contributed by atoms with Crippen molar-refractivity contribution in [3.8, 4) is 0 Å². The van der Waals surface area contributed by atoms with Crippen LogP contribution in [-0.4, -0.2) is 5.16 Å². The van der Waals surface area contributed by atoms with Gasteiger partial charge in [-0.1, -0.05) is 25.0 Å². The van der Waals surface area contributed by atoms with E-state index in [0.717, 1.165) is 11.0 Å². The molecule has 0 saturated carbocycles. The summed E-state index contributed by atoms with van der Waals surface area (Å²) in [4.78, 5) is 0. The molecule has 0 aliphatic carbocycles. The quantitative estimate of drug-likeness (QED) is 0.691. The van der Waals surface area contributed by atoms with Crippen LogP contribution in [0.4, 0.5) is 0 Å². The average Bonchev–Trinajstić information content (AvgIpc) is 2.59. The molecule has 79 valence electrons. The molecule has 2 nitrogen and oxygen atoms in total. The topological polar surface area (TPSA) is 26.0 Å². The Hall–Kier alpha value is -0.206. The second-order valence-corrected chi connectivity index (χ2v) is 3.50. The minimum Gasteiger partial charge on any atom is -0.431 e. The van der Waals surface area contributed by atoms with E-state index in [4.69, 9.17) is 4.52 Å². The van der Waals surface area contributed by atoms with Crippen molar-refractivity contribution in [3.05, 3.63) is 35.9 Å². The molecule has 2 rings (SSSR count). The molecular weight excluding hydrogens is 263 g/mol. The van der Waals surface area contributed by atoms with E-state index in [9.17, 15) is 0 Å². The first-order valence-corrected chi connectivity index (χ1v) is 4.36. The van der Waals surface area contributed by atoms with Crippen LogP contribution in [0.1, 0.15) is 22.3 Å². The zero-order chi connectivity index (χ0) is 9.59. The summed E-state index contributed by atoms with van der Waals surface area (Å²) in [6.45, 7) is 8.37. The predicted octanol–water partition coefficient (Wildman–Crippen LogP) is 3.31. The van der Waals surface area contributed by atoms with Gasteiger partial charge in [0.05, 0.1) is 5.58 Å². The molecule has 1 heterocycles. The van der Waals surface area contributed by atoms with Gasteiger partial charge in [-0.05, 0) is 20.0 Å². The number of benzene rings is 1. The first-order valence-electron chi connectivity index (χ1n) is 4.36. The molecule has 0 aliphatic rings. The molecule has 0 aliphatic heterocycles. The molecule has 2 aromatic rings. The third kappa shape index (κ3) is 2.16. The molecule has 0 fully saturated rings. The minimum absolute atomic E-state index is 0. The number of aromatic nitrogens is 1. The van der Waals surface area contributed by atoms with Crippen molar-refractivity contribution in [2.24, 2.45) is 0 Å². The molecular formula is C12H15NOY-2. The molecule has 0 saturated heterocycles. The smallest absolute Gasteiger partial charge is 0.0560 e. The van der Waals surface area contributed by atoms with Crippen molar-refractivity contribution >= 4 is 11.0 Å². The van der Waals surface area contributed by atoms with Crippen LogP contribution in [0.15, 0.2) is 4.52 Å². The van der Waals surface area contributed by atoms with Crippen LogP contribution < -0.4 is 0 Å². The Morgan fingerprint density at radius 3 is 2.07 bits per heavy atom. The number of rotatable bonds is 0. The van der Waals surface area contributed by atoms with Gasteiger partial charge in [-0.3, -0.25) is 0 Å². The first kappa shape index (κ1) is 14.8. The molecule has 1 radical (unpaired) electrons. The number of hydrogen-bond donors (Lipinski definition) is 0. The summed E-state index contributed by atoms with van der Waals surface area (Å²) in [5.74, 6) is 0. The van der Waals surface area contributed by atoms with Gasteiger partial charge in [-0.15, -0.1) is 16.5 Å². The maximum absolute atomic E-state index is 5.16. The Morgan fingerprint density at radius 2 is 1.47 bits per heavy atom. The fourth-order valence-corrected chi connectivity index (χ4v) is 1.64. The van der Waals surface area contributed by atoms with E-state index < -0.39 is 0 Å². The van der Waals surface area contributed by atoms with Crippen molar-refractivity contribution in [3.63, 3.8) is 0 Å². The van der Waals surface area contributed by atoms with Crippen LogP contribution in [0.3, 0.4) is 0 Å². The van der Waals surface area contributed by atoms with E-state index in [1.165, 1.54) is 22.3 Å². The largest absolute Gasteiger partial charge is 0.431 e. The van der Waals surface area contributed by atoms with Gasteiger partial charge in [0.25, 0.3) is 0 Å². The van der Waals surface area contributed by atoms with Gasteiger partial charge < -0.3 is 11.9 Å². The zero-order valence-corrected chi connectivity index (χ0v) is 12.8. The van der Waals surface area contributed by atoms with Gasteiger partial charge in [-0.25, -0.2) is 0 Å². The maximum Gasteiger partial charge on any atom is 0.0560 e. The van der Waals surface area contributed by atoms with Gasteiger partial charge in [0.2, 0.25) is 0 Å². The summed E-state index contributed by atoms with van der Waals surface area (Å²) >= 11 is 0. The van der Waals surface area contributed by atoms with Crippen LogP contribution >= 0.6 is 0 Å². The van der Waals surface area contributed by atoms with Gasteiger partial charge in [0.15, 0.2) is 0 Å². The number of aryl methyl sites for hydroxylation is 2. The molecule has 3 heteroatoms. The fourth-order valence-electron chi connectivity index (χ4n) is 1.64. The van der Waals surface area contributed by atoms with Gasteiger partial charge in [0.1, 0.15) is 0 Å². The third-order valence-corrected chi connectivity index (χ3v) is 2.92. The van der Waals surface area contributed by atoms with Gasteiger partial charge in [-0.2, -0.15) is 5.16 Å². The van der Waals surface area contributed by atoms with Crippen molar-refractivity contribution in [2.75, 3.05) is 0 Å². The summed E-state index contributed by atoms with van der Waals surface area (Å²) in [5, 5.41) is 4.72. The summed E-state index contributed by atoms with van der Waals surface area (Å²) in [6.07, 6.45) is 2.88. The van der Waals surface area contributed by atoms with Crippen LogP contribution in [0.25, 0.3) is 11.0 Å². The van der Waals surface area contributed by atoms with E-state index in [1.807, 2.05) is 0 Å². The Balaban J connectivity index is 0.000000980. The van der Waals surface area contributed by atoms with Gasteiger partial charge >= 0.3 is 0 Å². The number of nitrogens with zero attached hydrogens (tertiary/aromatic N) is 1. The summed E-state index contributed by atoms with van der Waals surface area (Å²) < 4.78 is 5.16. The molecule has 0 spiro atoms. The maximum atomic E-state index is 5.16. The van der Waals surface area contributed by atoms with Crippen LogP contribution in [0, 0.1) is 41.3 Å². The van der Waals surface area contributed by atoms with Crippen molar-refractivity contribution in [2.45, 2.75) is 27.7 Å². The van der Waals surface area contributed by atoms with Crippen molar-refractivity contribution < 1.29 is 37.2 Å². The fraction of sp³-hybridized carbons (Fsp3) is 0.333. The van der Waals surface area contributed by atoms with Crippen LogP contribution in [0.2, 0.25) is 0 Å². The first-order chi connectivity index (χ1) is 6.13. The molecule has 0 amide bonds. The number of hydrogen-bond acceptors (Lipinski definition) is 2. The predicted molar refractivity (Wildman–Crippen MR) is 58.2 cm³/mol. The molecule has 1 aromatic carbocycles. The van der Waals surface area contributed by atoms with Crippen LogP contribution in [0.5, 0.6) is 0 Å². The Kier molecular flexibility index (Phi) is 5.15. The second kappa shape index (κ2) is 5.22. The SMILES string of the molecule is Cc1c(C)c(C)c2on[c-]c2c1C.[CH3-].[Y]. The van der Waals surface area contributed by atoms with E-state index in [0.29, 0.717) is 0 Å². The summed E-state index contributed by atoms with van der Waals surface area (Å²) in [6, 6.07) is 0. The molecule has 0 bridgehead atoms. The molecule has 1 aromatic heterocycles. The third-order valence-electron chi connectivity index (χ3n) is 2.92. The van der Waals surface area contributed by atoms with Crippen molar-refractivity contribution in [1.29, 1.82) is 0 Å². The molecule has 15 heavy (non-hydrogen) atoms. The van der Waals surface area contributed by atoms with E-state index in [1.54, 1.807) is 0 Å². The Bertz CT molecular complexity index is 432. The summed E-state index contributed by atoms with van der Waals surface area (Å²) in [5.41, 5.74) is 5.87. The Labute approximate surface area is 116 Å². The van der Waals surface area contributed by atoms with E-state index in [2.05, 4.69) is 39.0 Å². The van der Waals surface area contributed by atoms with E-state index >= 15 is 0 Å². The monoisotopic (exact) mass is 278 g/mol. The average molecular weight is 278 g/mol. The minimum atomic E-state index is 0. The number of fused-ring (bicyclic) bond motifs is 1. The van der Waals surface area contributed by atoms with Crippen LogP contribution in [-0.2, 0) is 32.7 Å². The standard InChI is InChI=1S/C11H12NO.CH3.Y/c1-6-7(2)9(4)11-10(8(6)3)5-12-13-11;;/h1-4H3;1H3;/q2*-1;. The second-order valence-electron chi connectivity index (χ2n) is 3.50.